The van der Waals surface area contributed by atoms with Crippen LogP contribution in [-0.2, 0) is 4.79 Å². The minimum Gasteiger partial charge on any atom is -0.318 e. The monoisotopic (exact) mass is 292 g/mol. The summed E-state index contributed by atoms with van der Waals surface area (Å²) >= 11 is 0. The SMILES string of the molecule is CC1(C)CC1N1C(=O)C2(CC2)NC1c1ccc(F)c(F)c1. The van der Waals surface area contributed by atoms with Crippen LogP contribution in [-0.4, -0.2) is 22.4 Å². The number of benzene rings is 1. The quantitative estimate of drug-likeness (QED) is 0.909. The van der Waals surface area contributed by atoms with Gasteiger partial charge in [0.05, 0.1) is 0 Å². The Kier molecular flexibility index (Phi) is 2.40. The van der Waals surface area contributed by atoms with Crippen LogP contribution in [0.5, 0.6) is 0 Å². The minimum atomic E-state index is -0.867. The first-order chi connectivity index (χ1) is 9.84. The van der Waals surface area contributed by atoms with Crippen molar-refractivity contribution in [2.24, 2.45) is 5.41 Å². The van der Waals surface area contributed by atoms with Gasteiger partial charge in [-0.1, -0.05) is 19.9 Å². The number of rotatable bonds is 2. The molecule has 2 atom stereocenters. The van der Waals surface area contributed by atoms with Crippen LogP contribution in [0.4, 0.5) is 8.78 Å². The number of hydrogen-bond acceptors (Lipinski definition) is 2. The zero-order valence-electron chi connectivity index (χ0n) is 12.1. The van der Waals surface area contributed by atoms with Gasteiger partial charge in [-0.2, -0.15) is 0 Å². The van der Waals surface area contributed by atoms with E-state index in [4.69, 9.17) is 0 Å². The van der Waals surface area contributed by atoms with Gasteiger partial charge in [-0.05, 0) is 42.4 Å². The molecular weight excluding hydrogens is 274 g/mol. The minimum absolute atomic E-state index is 0.106. The smallest absolute Gasteiger partial charge is 0.244 e. The third-order valence-corrected chi connectivity index (χ3v) is 5.14. The third kappa shape index (κ3) is 1.83. The molecular formula is C16H18F2N2O. The van der Waals surface area contributed by atoms with Crippen molar-refractivity contribution in [1.29, 1.82) is 0 Å². The fourth-order valence-corrected chi connectivity index (χ4v) is 3.40. The lowest BCUT2D eigenvalue weighted by molar-refractivity contribution is -0.131. The predicted octanol–water partition coefficient (Wildman–Crippen LogP) is 2.73. The van der Waals surface area contributed by atoms with E-state index >= 15 is 0 Å². The molecule has 0 radical (unpaired) electrons. The summed E-state index contributed by atoms with van der Waals surface area (Å²) < 4.78 is 26.7. The average molecular weight is 292 g/mol. The maximum atomic E-state index is 13.5. The summed E-state index contributed by atoms with van der Waals surface area (Å²) in [5, 5.41) is 3.35. The molecule has 21 heavy (non-hydrogen) atoms. The van der Waals surface area contributed by atoms with Crippen LogP contribution >= 0.6 is 0 Å². The lowest BCUT2D eigenvalue weighted by Gasteiger charge is -2.26. The van der Waals surface area contributed by atoms with Gasteiger partial charge < -0.3 is 4.90 Å². The first-order valence-electron chi connectivity index (χ1n) is 7.40. The molecule has 1 amide bonds. The number of nitrogens with one attached hydrogen (secondary N) is 1. The summed E-state index contributed by atoms with van der Waals surface area (Å²) in [4.78, 5) is 14.6. The Morgan fingerprint density at radius 3 is 2.43 bits per heavy atom. The van der Waals surface area contributed by atoms with Gasteiger partial charge in [0.2, 0.25) is 5.91 Å². The molecule has 0 bridgehead atoms. The van der Waals surface area contributed by atoms with Crippen molar-refractivity contribution in [3.05, 3.63) is 35.4 Å². The highest BCUT2D eigenvalue weighted by Crippen LogP contribution is 2.56. The van der Waals surface area contributed by atoms with Crippen LogP contribution in [0.2, 0.25) is 0 Å². The first-order valence-corrected chi connectivity index (χ1v) is 7.40. The van der Waals surface area contributed by atoms with Gasteiger partial charge in [-0.15, -0.1) is 0 Å². The molecule has 3 nitrogen and oxygen atoms in total. The molecule has 1 aromatic carbocycles. The Morgan fingerprint density at radius 1 is 1.24 bits per heavy atom. The van der Waals surface area contributed by atoms with Crippen molar-refractivity contribution in [2.45, 2.75) is 50.9 Å². The van der Waals surface area contributed by atoms with Crippen molar-refractivity contribution in [3.63, 3.8) is 0 Å². The molecule has 2 aliphatic carbocycles. The van der Waals surface area contributed by atoms with Crippen LogP contribution in [0.1, 0.15) is 44.8 Å². The van der Waals surface area contributed by atoms with E-state index < -0.39 is 17.2 Å². The highest BCUT2D eigenvalue weighted by Gasteiger charge is 2.65. The summed E-state index contributed by atoms with van der Waals surface area (Å²) in [5.41, 5.74) is 0.275. The molecule has 3 fully saturated rings. The Balaban J connectivity index is 1.72. The molecule has 1 heterocycles. The molecule has 2 unspecified atom stereocenters. The second-order valence-corrected chi connectivity index (χ2v) is 7.22. The molecule has 1 saturated heterocycles. The maximum absolute atomic E-state index is 13.5. The van der Waals surface area contributed by atoms with Gasteiger partial charge in [0.25, 0.3) is 0 Å². The number of carbonyl (C=O) groups is 1. The Labute approximate surface area is 122 Å². The average Bonchev–Trinajstić information content (AvgIpc) is 3.28. The van der Waals surface area contributed by atoms with E-state index in [2.05, 4.69) is 19.2 Å². The number of nitrogens with zero attached hydrogens (tertiary/aromatic N) is 1. The Morgan fingerprint density at radius 2 is 1.90 bits per heavy atom. The molecule has 1 aromatic rings. The largest absolute Gasteiger partial charge is 0.318 e. The molecule has 5 heteroatoms. The fraction of sp³-hybridized carbons (Fsp3) is 0.562. The van der Waals surface area contributed by atoms with Crippen molar-refractivity contribution in [3.8, 4) is 0 Å². The van der Waals surface area contributed by atoms with E-state index in [0.717, 1.165) is 25.3 Å². The first kappa shape index (κ1) is 13.2. The van der Waals surface area contributed by atoms with Crippen LogP contribution in [0.25, 0.3) is 0 Å². The van der Waals surface area contributed by atoms with Crippen LogP contribution in [0.3, 0.4) is 0 Å². The van der Waals surface area contributed by atoms with Crippen LogP contribution in [0, 0.1) is 17.0 Å². The number of hydrogen-bond donors (Lipinski definition) is 1. The lowest BCUT2D eigenvalue weighted by Crippen LogP contribution is -2.35. The van der Waals surface area contributed by atoms with Crippen molar-refractivity contribution in [2.75, 3.05) is 0 Å². The van der Waals surface area contributed by atoms with E-state index in [-0.39, 0.29) is 23.5 Å². The summed E-state index contributed by atoms with van der Waals surface area (Å²) in [7, 11) is 0. The van der Waals surface area contributed by atoms with Gasteiger partial charge >= 0.3 is 0 Å². The van der Waals surface area contributed by atoms with E-state index in [1.165, 1.54) is 6.07 Å². The standard InChI is InChI=1S/C16H18F2N2O/c1-15(2)8-12(15)20-13(19-16(5-6-16)14(20)21)9-3-4-10(17)11(18)7-9/h3-4,7,12-13,19H,5-6,8H2,1-2H3. The molecule has 0 aromatic heterocycles. The molecule has 1 aliphatic heterocycles. The lowest BCUT2D eigenvalue weighted by atomic mass is 10.1. The van der Waals surface area contributed by atoms with Gasteiger partial charge in [-0.25, -0.2) is 8.78 Å². The van der Waals surface area contributed by atoms with Gasteiger partial charge in [0, 0.05) is 6.04 Å². The van der Waals surface area contributed by atoms with Gasteiger partial charge in [0.1, 0.15) is 11.7 Å². The zero-order valence-corrected chi connectivity index (χ0v) is 12.1. The highest BCUT2D eigenvalue weighted by molar-refractivity contribution is 5.92. The number of amides is 1. The van der Waals surface area contributed by atoms with Crippen molar-refractivity contribution >= 4 is 5.91 Å². The summed E-state index contributed by atoms with van der Waals surface area (Å²) in [6.07, 6.45) is 2.27. The predicted molar refractivity (Wildman–Crippen MR) is 73.2 cm³/mol. The zero-order chi connectivity index (χ0) is 15.0. The van der Waals surface area contributed by atoms with Crippen molar-refractivity contribution in [1.82, 2.24) is 10.2 Å². The van der Waals surface area contributed by atoms with E-state index in [9.17, 15) is 13.6 Å². The molecule has 112 valence electrons. The fourth-order valence-electron chi connectivity index (χ4n) is 3.40. The van der Waals surface area contributed by atoms with Gasteiger partial charge in [0.15, 0.2) is 11.6 Å². The second-order valence-electron chi connectivity index (χ2n) is 7.22. The Bertz CT molecular complexity index is 639. The number of carbonyl (C=O) groups excluding carboxylic acids is 1. The normalized spacial score (nSPS) is 31.8. The third-order valence-electron chi connectivity index (χ3n) is 5.14. The molecule has 3 aliphatic rings. The van der Waals surface area contributed by atoms with E-state index in [1.54, 1.807) is 6.07 Å². The van der Waals surface area contributed by atoms with Crippen LogP contribution < -0.4 is 5.32 Å². The van der Waals surface area contributed by atoms with E-state index in [0.29, 0.717) is 5.56 Å². The summed E-state index contributed by atoms with van der Waals surface area (Å²) in [5.74, 6) is -1.61. The van der Waals surface area contributed by atoms with Crippen molar-refractivity contribution < 1.29 is 13.6 Å². The highest BCUT2D eigenvalue weighted by atomic mass is 19.2. The Hall–Kier alpha value is -1.49. The topological polar surface area (TPSA) is 32.3 Å². The second kappa shape index (κ2) is 3.83. The van der Waals surface area contributed by atoms with Gasteiger partial charge in [-0.3, -0.25) is 10.1 Å². The molecule has 1 N–H and O–H groups in total. The summed E-state index contributed by atoms with van der Waals surface area (Å²) in [6.45, 7) is 4.26. The number of halogens is 2. The molecule has 4 rings (SSSR count). The van der Waals surface area contributed by atoms with Crippen LogP contribution in [0.15, 0.2) is 18.2 Å². The van der Waals surface area contributed by atoms with E-state index in [1.807, 2.05) is 4.90 Å². The maximum Gasteiger partial charge on any atom is 0.244 e. The molecule has 2 saturated carbocycles. The molecule has 1 spiro atoms. The summed E-state index contributed by atoms with van der Waals surface area (Å²) in [6, 6.07) is 4.07.